The maximum absolute atomic E-state index is 12.6. The highest BCUT2D eigenvalue weighted by atomic mass is 32.2. The molecule has 0 spiro atoms. The van der Waals surface area contributed by atoms with Crippen molar-refractivity contribution < 1.29 is 14.7 Å². The molecule has 1 amide bonds. The van der Waals surface area contributed by atoms with Gasteiger partial charge in [0, 0.05) is 11.4 Å². The minimum atomic E-state index is -0.865. The van der Waals surface area contributed by atoms with Gasteiger partial charge in [0.05, 0.1) is 22.1 Å². The van der Waals surface area contributed by atoms with Gasteiger partial charge in [0.15, 0.2) is 4.34 Å². The van der Waals surface area contributed by atoms with Crippen molar-refractivity contribution in [2.24, 2.45) is 11.8 Å². The standard InChI is InChI=1S/C18H22N2O3S2/c1-2-9-24-18-20-14-8-7-11(10-15(14)25-18)19-16(21)12-5-3-4-6-13(12)17(22)23/h7-8,10,12-13H,2-6,9H2,1H3,(H,19,21)(H,22,23)/t12-,13+/m1/s1. The van der Waals surface area contributed by atoms with Gasteiger partial charge in [-0.25, -0.2) is 4.98 Å². The van der Waals surface area contributed by atoms with E-state index in [9.17, 15) is 14.7 Å². The van der Waals surface area contributed by atoms with Gasteiger partial charge in [-0.2, -0.15) is 0 Å². The first-order valence-electron chi connectivity index (χ1n) is 8.65. The number of aromatic nitrogens is 1. The lowest BCUT2D eigenvalue weighted by Gasteiger charge is -2.27. The molecule has 134 valence electrons. The van der Waals surface area contributed by atoms with Crippen LogP contribution in [0.25, 0.3) is 10.2 Å². The lowest BCUT2D eigenvalue weighted by atomic mass is 9.78. The molecular formula is C18H22N2O3S2. The zero-order chi connectivity index (χ0) is 17.8. The topological polar surface area (TPSA) is 79.3 Å². The maximum Gasteiger partial charge on any atom is 0.307 e. The second-order valence-corrected chi connectivity index (χ2v) is 8.71. The number of hydrogen-bond donors (Lipinski definition) is 2. The number of carboxylic acids is 1. The number of nitrogens with one attached hydrogen (secondary N) is 1. The second kappa shape index (κ2) is 8.19. The number of carboxylic acid groups (broad SMARTS) is 1. The fourth-order valence-electron chi connectivity index (χ4n) is 3.21. The SMILES string of the molecule is CCCSc1nc2ccc(NC(=O)[C@@H]3CCCC[C@@H]3C(=O)O)cc2s1. The van der Waals surface area contributed by atoms with Gasteiger partial charge in [0.1, 0.15) is 0 Å². The van der Waals surface area contributed by atoms with Crippen LogP contribution in [0.4, 0.5) is 5.69 Å². The molecule has 1 aromatic carbocycles. The van der Waals surface area contributed by atoms with Crippen LogP contribution in [0, 0.1) is 11.8 Å². The van der Waals surface area contributed by atoms with Gasteiger partial charge in [-0.15, -0.1) is 11.3 Å². The first-order chi connectivity index (χ1) is 12.1. The number of thioether (sulfide) groups is 1. The summed E-state index contributed by atoms with van der Waals surface area (Å²) >= 11 is 3.37. The van der Waals surface area contributed by atoms with E-state index in [0.717, 1.165) is 39.6 Å². The van der Waals surface area contributed by atoms with Crippen molar-refractivity contribution >= 4 is 50.9 Å². The largest absolute Gasteiger partial charge is 0.481 e. The van der Waals surface area contributed by atoms with Crippen LogP contribution in [-0.4, -0.2) is 27.7 Å². The third-order valence-corrected chi connectivity index (χ3v) is 6.85. The summed E-state index contributed by atoms with van der Waals surface area (Å²) in [6.45, 7) is 2.14. The summed E-state index contributed by atoms with van der Waals surface area (Å²) < 4.78 is 2.08. The average molecular weight is 379 g/mol. The zero-order valence-corrected chi connectivity index (χ0v) is 15.8. The number of hydrogen-bond acceptors (Lipinski definition) is 5. The maximum atomic E-state index is 12.6. The minimum Gasteiger partial charge on any atom is -0.481 e. The van der Waals surface area contributed by atoms with E-state index >= 15 is 0 Å². The van der Waals surface area contributed by atoms with E-state index in [1.54, 1.807) is 23.1 Å². The van der Waals surface area contributed by atoms with Gasteiger partial charge < -0.3 is 10.4 Å². The van der Waals surface area contributed by atoms with Gasteiger partial charge in [0.2, 0.25) is 5.91 Å². The molecule has 1 saturated carbocycles. The molecule has 1 heterocycles. The van der Waals surface area contributed by atoms with Gasteiger partial charge >= 0.3 is 5.97 Å². The number of nitrogens with zero attached hydrogens (tertiary/aromatic N) is 1. The van der Waals surface area contributed by atoms with Crippen molar-refractivity contribution in [3.05, 3.63) is 18.2 Å². The molecule has 0 radical (unpaired) electrons. The van der Waals surface area contributed by atoms with E-state index in [4.69, 9.17) is 0 Å². The Morgan fingerprint density at radius 1 is 1.32 bits per heavy atom. The third kappa shape index (κ3) is 4.33. The van der Waals surface area contributed by atoms with Crippen LogP contribution in [0.15, 0.2) is 22.5 Å². The molecule has 5 nitrogen and oxygen atoms in total. The van der Waals surface area contributed by atoms with Crippen molar-refractivity contribution in [3.8, 4) is 0 Å². The van der Waals surface area contributed by atoms with E-state index in [1.165, 1.54) is 0 Å². The number of aliphatic carboxylic acids is 1. The van der Waals surface area contributed by atoms with Crippen LogP contribution >= 0.6 is 23.1 Å². The van der Waals surface area contributed by atoms with Gasteiger partial charge in [0.25, 0.3) is 0 Å². The van der Waals surface area contributed by atoms with Crippen molar-refractivity contribution in [2.75, 3.05) is 11.1 Å². The highest BCUT2D eigenvalue weighted by Gasteiger charge is 2.35. The number of benzene rings is 1. The summed E-state index contributed by atoms with van der Waals surface area (Å²) in [5.41, 5.74) is 1.64. The van der Waals surface area contributed by atoms with Crippen molar-refractivity contribution in [2.45, 2.75) is 43.4 Å². The molecule has 25 heavy (non-hydrogen) atoms. The van der Waals surface area contributed by atoms with E-state index < -0.39 is 17.8 Å². The Balaban J connectivity index is 1.73. The minimum absolute atomic E-state index is 0.184. The zero-order valence-electron chi connectivity index (χ0n) is 14.2. The number of carbonyl (C=O) groups excluding carboxylic acids is 1. The average Bonchev–Trinajstić information content (AvgIpc) is 3.02. The van der Waals surface area contributed by atoms with Crippen LogP contribution in [0.5, 0.6) is 0 Å². The predicted octanol–water partition coefficient (Wildman–Crippen LogP) is 4.63. The quantitative estimate of drug-likeness (QED) is 0.717. The highest BCUT2D eigenvalue weighted by Crippen LogP contribution is 2.33. The van der Waals surface area contributed by atoms with Crippen molar-refractivity contribution in [3.63, 3.8) is 0 Å². The molecule has 3 rings (SSSR count). The Labute approximate surface area is 155 Å². The lowest BCUT2D eigenvalue weighted by Crippen LogP contribution is -2.36. The summed E-state index contributed by atoms with van der Waals surface area (Å²) in [5, 5.41) is 12.3. The summed E-state index contributed by atoms with van der Waals surface area (Å²) in [6, 6.07) is 5.68. The van der Waals surface area contributed by atoms with E-state index in [1.807, 2.05) is 18.2 Å². The van der Waals surface area contributed by atoms with Crippen LogP contribution in [0.3, 0.4) is 0 Å². The molecule has 2 N–H and O–H groups in total. The summed E-state index contributed by atoms with van der Waals surface area (Å²) in [5.74, 6) is -1.02. The number of amides is 1. The summed E-state index contributed by atoms with van der Waals surface area (Å²) in [7, 11) is 0. The van der Waals surface area contributed by atoms with E-state index in [0.29, 0.717) is 18.5 Å². The molecule has 0 bridgehead atoms. The first kappa shape index (κ1) is 18.2. The number of anilines is 1. The predicted molar refractivity (Wildman–Crippen MR) is 102 cm³/mol. The second-order valence-electron chi connectivity index (χ2n) is 6.34. The Hall–Kier alpha value is -1.60. The Morgan fingerprint density at radius 3 is 2.80 bits per heavy atom. The molecule has 1 aliphatic rings. The molecule has 1 fully saturated rings. The Kier molecular flexibility index (Phi) is 5.96. The molecule has 1 aromatic heterocycles. The van der Waals surface area contributed by atoms with Crippen LogP contribution in [-0.2, 0) is 9.59 Å². The van der Waals surface area contributed by atoms with Crippen molar-refractivity contribution in [1.82, 2.24) is 4.98 Å². The Bertz CT molecular complexity index is 775. The van der Waals surface area contributed by atoms with Gasteiger partial charge in [-0.1, -0.05) is 31.5 Å². The van der Waals surface area contributed by atoms with E-state index in [2.05, 4.69) is 17.2 Å². The monoisotopic (exact) mass is 378 g/mol. The summed E-state index contributed by atoms with van der Waals surface area (Å²) in [6.07, 6.45) is 4.12. The number of rotatable bonds is 6. The number of carbonyl (C=O) groups is 2. The molecule has 2 aromatic rings. The van der Waals surface area contributed by atoms with E-state index in [-0.39, 0.29) is 5.91 Å². The highest BCUT2D eigenvalue weighted by molar-refractivity contribution is 8.01. The van der Waals surface area contributed by atoms with Crippen molar-refractivity contribution in [1.29, 1.82) is 0 Å². The molecular weight excluding hydrogens is 356 g/mol. The smallest absolute Gasteiger partial charge is 0.307 e. The molecule has 0 aliphatic heterocycles. The first-order valence-corrected chi connectivity index (χ1v) is 10.5. The third-order valence-electron chi connectivity index (χ3n) is 4.49. The van der Waals surface area contributed by atoms with Crippen LogP contribution < -0.4 is 5.32 Å². The van der Waals surface area contributed by atoms with Crippen LogP contribution in [0.2, 0.25) is 0 Å². The summed E-state index contributed by atoms with van der Waals surface area (Å²) in [4.78, 5) is 28.6. The molecule has 0 unspecified atom stereocenters. The molecule has 0 saturated heterocycles. The van der Waals surface area contributed by atoms with Gasteiger partial charge in [-0.05, 0) is 37.5 Å². The molecule has 1 aliphatic carbocycles. The fraction of sp³-hybridized carbons (Fsp3) is 0.500. The molecule has 2 atom stereocenters. The van der Waals surface area contributed by atoms with Gasteiger partial charge in [-0.3, -0.25) is 9.59 Å². The fourth-order valence-corrected chi connectivity index (χ4v) is 5.24. The van der Waals surface area contributed by atoms with Crippen LogP contribution in [0.1, 0.15) is 39.0 Å². The molecule has 7 heteroatoms. The number of fused-ring (bicyclic) bond motifs is 1. The normalized spacial score (nSPS) is 20.5. The number of thiazole rings is 1. The Morgan fingerprint density at radius 2 is 2.08 bits per heavy atom. The lowest BCUT2D eigenvalue weighted by molar-refractivity contribution is -0.147.